The van der Waals surface area contributed by atoms with E-state index in [-0.39, 0.29) is 28.7 Å². The Labute approximate surface area is 125 Å². The number of hydrogen-bond acceptors (Lipinski definition) is 7. The van der Waals surface area contributed by atoms with Gasteiger partial charge < -0.3 is 10.1 Å². The number of hydrogen-bond donors (Lipinski definition) is 1. The molecule has 21 heavy (non-hydrogen) atoms. The van der Waals surface area contributed by atoms with Crippen LogP contribution in [0.3, 0.4) is 0 Å². The molecule has 0 aliphatic rings. The Bertz CT molecular complexity index is 653. The maximum atomic E-state index is 10.7. The molecular weight excluding hydrogens is 298 g/mol. The van der Waals surface area contributed by atoms with Gasteiger partial charge in [0, 0.05) is 12.6 Å². The first-order chi connectivity index (χ1) is 10.1. The van der Waals surface area contributed by atoms with Crippen molar-refractivity contribution in [2.24, 2.45) is 0 Å². The number of nitro benzene ring substituents is 1. The van der Waals surface area contributed by atoms with Crippen molar-refractivity contribution < 1.29 is 9.66 Å². The predicted octanol–water partition coefficient (Wildman–Crippen LogP) is 3.05. The van der Waals surface area contributed by atoms with Gasteiger partial charge in [0.1, 0.15) is 5.75 Å². The van der Waals surface area contributed by atoms with Gasteiger partial charge in [0.05, 0.1) is 11.0 Å². The molecule has 2 rings (SSSR count). The molecule has 0 fully saturated rings. The van der Waals surface area contributed by atoms with Gasteiger partial charge in [-0.1, -0.05) is 13.0 Å². The maximum absolute atomic E-state index is 10.7. The Morgan fingerprint density at radius 3 is 2.90 bits per heavy atom. The average molecular weight is 310 g/mol. The van der Waals surface area contributed by atoms with Gasteiger partial charge in [0.25, 0.3) is 5.69 Å². The number of aromatic nitrogens is 3. The second-order valence-corrected chi connectivity index (χ2v) is 4.33. The van der Waals surface area contributed by atoms with Gasteiger partial charge in [-0.2, -0.15) is 15.0 Å². The molecule has 1 aromatic heterocycles. The highest BCUT2D eigenvalue weighted by Gasteiger charge is 2.10. The molecule has 0 atom stereocenters. The van der Waals surface area contributed by atoms with Gasteiger partial charge in [-0.3, -0.25) is 10.1 Å². The molecule has 8 nitrogen and oxygen atoms in total. The summed E-state index contributed by atoms with van der Waals surface area (Å²) in [6.45, 7) is 2.67. The van der Waals surface area contributed by atoms with E-state index >= 15 is 0 Å². The molecule has 0 unspecified atom stereocenters. The van der Waals surface area contributed by atoms with Crippen molar-refractivity contribution >= 4 is 23.2 Å². The second kappa shape index (κ2) is 6.80. The van der Waals surface area contributed by atoms with E-state index in [0.29, 0.717) is 6.54 Å². The summed E-state index contributed by atoms with van der Waals surface area (Å²) in [6, 6.07) is 5.67. The molecule has 0 bridgehead atoms. The third-order valence-electron chi connectivity index (χ3n) is 2.36. The minimum atomic E-state index is -0.512. The van der Waals surface area contributed by atoms with Crippen LogP contribution in [0.5, 0.6) is 11.8 Å². The molecule has 2 aromatic rings. The zero-order valence-corrected chi connectivity index (χ0v) is 11.9. The van der Waals surface area contributed by atoms with E-state index in [1.807, 2.05) is 6.92 Å². The van der Waals surface area contributed by atoms with Crippen molar-refractivity contribution in [3.8, 4) is 11.8 Å². The third-order valence-corrected chi connectivity index (χ3v) is 2.53. The summed E-state index contributed by atoms with van der Waals surface area (Å²) in [5.74, 6) is 0.533. The SMILES string of the molecule is CCCNc1nc(Cl)nc(Oc2cccc([N+](=O)[O-])c2)n1. The Kier molecular flexibility index (Phi) is 4.83. The number of non-ortho nitro benzene ring substituents is 1. The lowest BCUT2D eigenvalue weighted by atomic mass is 10.3. The normalized spacial score (nSPS) is 10.2. The fourth-order valence-electron chi connectivity index (χ4n) is 1.46. The van der Waals surface area contributed by atoms with Crippen molar-refractivity contribution in [2.75, 3.05) is 11.9 Å². The number of anilines is 1. The summed E-state index contributed by atoms with van der Waals surface area (Å²) < 4.78 is 5.38. The number of rotatable bonds is 6. The molecule has 0 aliphatic heterocycles. The zero-order chi connectivity index (χ0) is 15.2. The molecular formula is C12H12ClN5O3. The van der Waals surface area contributed by atoms with Crippen LogP contribution in [-0.2, 0) is 0 Å². The smallest absolute Gasteiger partial charge is 0.328 e. The second-order valence-electron chi connectivity index (χ2n) is 3.99. The molecule has 0 radical (unpaired) electrons. The van der Waals surface area contributed by atoms with Gasteiger partial charge in [0.2, 0.25) is 11.2 Å². The van der Waals surface area contributed by atoms with Gasteiger partial charge >= 0.3 is 6.01 Å². The van der Waals surface area contributed by atoms with Gasteiger partial charge in [0.15, 0.2) is 0 Å². The number of nitrogens with zero attached hydrogens (tertiary/aromatic N) is 4. The van der Waals surface area contributed by atoms with Crippen molar-refractivity contribution in [3.63, 3.8) is 0 Å². The molecule has 0 spiro atoms. The van der Waals surface area contributed by atoms with E-state index in [1.54, 1.807) is 6.07 Å². The summed E-state index contributed by atoms with van der Waals surface area (Å²) in [4.78, 5) is 22.0. The van der Waals surface area contributed by atoms with E-state index in [2.05, 4.69) is 20.3 Å². The highest BCUT2D eigenvalue weighted by atomic mass is 35.5. The quantitative estimate of drug-likeness (QED) is 0.646. The molecule has 1 heterocycles. The number of benzene rings is 1. The molecule has 1 N–H and O–H groups in total. The van der Waals surface area contributed by atoms with Crippen LogP contribution < -0.4 is 10.1 Å². The van der Waals surface area contributed by atoms with Gasteiger partial charge in [-0.15, -0.1) is 0 Å². The van der Waals surface area contributed by atoms with Crippen molar-refractivity contribution in [2.45, 2.75) is 13.3 Å². The molecule has 0 amide bonds. The Balaban J connectivity index is 2.20. The van der Waals surface area contributed by atoms with E-state index in [0.717, 1.165) is 6.42 Å². The van der Waals surface area contributed by atoms with Crippen LogP contribution in [0, 0.1) is 10.1 Å². The van der Waals surface area contributed by atoms with Crippen LogP contribution in [-0.4, -0.2) is 26.4 Å². The zero-order valence-electron chi connectivity index (χ0n) is 11.1. The fraction of sp³-hybridized carbons (Fsp3) is 0.250. The highest BCUT2D eigenvalue weighted by molar-refractivity contribution is 6.28. The molecule has 1 aromatic carbocycles. The Morgan fingerprint density at radius 2 is 2.19 bits per heavy atom. The van der Waals surface area contributed by atoms with Gasteiger partial charge in [-0.25, -0.2) is 0 Å². The largest absolute Gasteiger partial charge is 0.424 e. The highest BCUT2D eigenvalue weighted by Crippen LogP contribution is 2.24. The van der Waals surface area contributed by atoms with Gasteiger partial charge in [-0.05, 0) is 24.1 Å². The topological polar surface area (TPSA) is 103 Å². The molecule has 0 saturated heterocycles. The van der Waals surface area contributed by atoms with E-state index in [4.69, 9.17) is 16.3 Å². The molecule has 9 heteroatoms. The minimum Gasteiger partial charge on any atom is -0.424 e. The monoisotopic (exact) mass is 309 g/mol. The van der Waals surface area contributed by atoms with E-state index in [9.17, 15) is 10.1 Å². The van der Waals surface area contributed by atoms with Crippen LogP contribution >= 0.6 is 11.6 Å². The van der Waals surface area contributed by atoms with Crippen molar-refractivity contribution in [3.05, 3.63) is 39.7 Å². The lowest BCUT2D eigenvalue weighted by Crippen LogP contribution is -2.06. The van der Waals surface area contributed by atoms with Crippen molar-refractivity contribution in [1.82, 2.24) is 15.0 Å². The predicted molar refractivity (Wildman–Crippen MR) is 76.8 cm³/mol. The van der Waals surface area contributed by atoms with Crippen molar-refractivity contribution in [1.29, 1.82) is 0 Å². The Hall–Kier alpha value is -2.48. The maximum Gasteiger partial charge on any atom is 0.328 e. The van der Waals surface area contributed by atoms with E-state index < -0.39 is 4.92 Å². The van der Waals surface area contributed by atoms with Crippen LogP contribution in [0.2, 0.25) is 5.28 Å². The standard InChI is InChI=1S/C12H12ClN5O3/c1-2-6-14-11-15-10(13)16-12(17-11)21-9-5-3-4-8(7-9)18(19)20/h3-5,7H,2,6H2,1H3,(H,14,15,16,17). The Morgan fingerprint density at radius 1 is 1.38 bits per heavy atom. The lowest BCUT2D eigenvalue weighted by molar-refractivity contribution is -0.384. The minimum absolute atomic E-state index is 0.0240. The summed E-state index contributed by atoms with van der Waals surface area (Å²) in [6.07, 6.45) is 0.893. The molecule has 0 saturated carbocycles. The summed E-state index contributed by atoms with van der Waals surface area (Å²) >= 11 is 5.79. The number of nitrogens with one attached hydrogen (secondary N) is 1. The molecule has 110 valence electrons. The van der Waals surface area contributed by atoms with E-state index in [1.165, 1.54) is 18.2 Å². The first kappa shape index (κ1) is 14.9. The first-order valence-corrected chi connectivity index (χ1v) is 6.54. The number of nitro groups is 1. The van der Waals surface area contributed by atoms with Crippen LogP contribution in [0.15, 0.2) is 24.3 Å². The number of halogens is 1. The fourth-order valence-corrected chi connectivity index (χ4v) is 1.61. The third kappa shape index (κ3) is 4.25. The van der Waals surface area contributed by atoms with Crippen LogP contribution in [0.25, 0.3) is 0 Å². The number of ether oxygens (including phenoxy) is 1. The summed E-state index contributed by atoms with van der Waals surface area (Å²) in [7, 11) is 0. The average Bonchev–Trinajstić information content (AvgIpc) is 2.45. The van der Waals surface area contributed by atoms with Crippen LogP contribution in [0.1, 0.15) is 13.3 Å². The lowest BCUT2D eigenvalue weighted by Gasteiger charge is -2.06. The first-order valence-electron chi connectivity index (χ1n) is 6.16. The molecule has 0 aliphatic carbocycles. The summed E-state index contributed by atoms with van der Waals surface area (Å²) in [5.41, 5.74) is -0.0861. The summed E-state index contributed by atoms with van der Waals surface area (Å²) in [5, 5.41) is 13.6. The van der Waals surface area contributed by atoms with Crippen LogP contribution in [0.4, 0.5) is 11.6 Å².